The maximum atomic E-state index is 12.9. The van der Waals surface area contributed by atoms with Gasteiger partial charge in [-0.3, -0.25) is 14.2 Å². The molecule has 0 spiro atoms. The van der Waals surface area contributed by atoms with Crippen molar-refractivity contribution in [1.29, 1.82) is 0 Å². The number of para-hydroxylation sites is 1. The lowest BCUT2D eigenvalue weighted by Crippen LogP contribution is -2.27. The standard InChI is InChI=1S/C19H20N4O3S3/c1-11-9-13-16(28-11)17(25)23(7-8-26-2)19(21-13)27-10-15(24)22-18-20-12-5-3-4-6-14(12)29-18/h3-6,11H,7-10H2,1-2H3,(H,20,22,24). The second-order valence-corrected chi connectivity index (χ2v) is 10.00. The summed E-state index contributed by atoms with van der Waals surface area (Å²) in [4.78, 5) is 35.2. The average Bonchev–Trinajstić information content (AvgIpc) is 3.28. The van der Waals surface area contributed by atoms with Crippen LogP contribution >= 0.6 is 34.9 Å². The Hall–Kier alpha value is -1.88. The Bertz CT molecular complexity index is 1080. The first-order chi connectivity index (χ1) is 14.0. The molecule has 4 rings (SSSR count). The molecule has 10 heteroatoms. The van der Waals surface area contributed by atoms with Gasteiger partial charge in [-0.15, -0.1) is 11.8 Å². The fraction of sp³-hybridized carbons (Fsp3) is 0.368. The highest BCUT2D eigenvalue weighted by Gasteiger charge is 2.26. The molecule has 0 radical (unpaired) electrons. The third kappa shape index (κ3) is 4.50. The van der Waals surface area contributed by atoms with Crippen LogP contribution in [0.15, 0.2) is 39.1 Å². The summed E-state index contributed by atoms with van der Waals surface area (Å²) in [6, 6.07) is 7.75. The summed E-state index contributed by atoms with van der Waals surface area (Å²) in [6.07, 6.45) is 0.770. The van der Waals surface area contributed by atoms with Gasteiger partial charge in [-0.25, -0.2) is 9.97 Å². The summed E-state index contributed by atoms with van der Waals surface area (Å²) >= 11 is 4.27. The quantitative estimate of drug-likeness (QED) is 0.438. The molecule has 1 N–H and O–H groups in total. The zero-order valence-corrected chi connectivity index (χ0v) is 18.5. The number of anilines is 1. The molecule has 7 nitrogen and oxygen atoms in total. The number of methoxy groups -OCH3 is 1. The van der Waals surface area contributed by atoms with E-state index < -0.39 is 0 Å². The van der Waals surface area contributed by atoms with Crippen molar-refractivity contribution in [3.05, 3.63) is 40.3 Å². The van der Waals surface area contributed by atoms with E-state index in [4.69, 9.17) is 4.74 Å². The number of ether oxygens (including phenoxy) is 1. The number of fused-ring (bicyclic) bond motifs is 2. The Morgan fingerprint density at radius 3 is 3.00 bits per heavy atom. The largest absolute Gasteiger partial charge is 0.383 e. The van der Waals surface area contributed by atoms with Crippen LogP contribution in [0.25, 0.3) is 10.2 Å². The number of thiazole rings is 1. The molecule has 1 aliphatic heterocycles. The van der Waals surface area contributed by atoms with Crippen molar-refractivity contribution in [2.75, 3.05) is 24.8 Å². The van der Waals surface area contributed by atoms with E-state index in [9.17, 15) is 9.59 Å². The Labute approximate surface area is 180 Å². The molecule has 0 saturated carbocycles. The van der Waals surface area contributed by atoms with Gasteiger partial charge in [0.15, 0.2) is 10.3 Å². The van der Waals surface area contributed by atoms with Crippen LogP contribution in [-0.4, -0.2) is 45.2 Å². The molecular formula is C19H20N4O3S3. The van der Waals surface area contributed by atoms with Gasteiger partial charge in [-0.2, -0.15) is 0 Å². The van der Waals surface area contributed by atoms with Crippen molar-refractivity contribution < 1.29 is 9.53 Å². The third-order valence-electron chi connectivity index (χ3n) is 4.35. The van der Waals surface area contributed by atoms with Crippen molar-refractivity contribution in [2.24, 2.45) is 0 Å². The molecule has 2 aromatic heterocycles. The molecule has 0 fully saturated rings. The van der Waals surface area contributed by atoms with Crippen LogP contribution in [0.4, 0.5) is 5.13 Å². The lowest BCUT2D eigenvalue weighted by atomic mass is 10.2. The van der Waals surface area contributed by atoms with Crippen LogP contribution in [0.2, 0.25) is 0 Å². The lowest BCUT2D eigenvalue weighted by Gasteiger charge is -2.13. The summed E-state index contributed by atoms with van der Waals surface area (Å²) in [7, 11) is 1.60. The number of rotatable bonds is 7. The third-order valence-corrected chi connectivity index (χ3v) is 7.50. The lowest BCUT2D eigenvalue weighted by molar-refractivity contribution is -0.113. The van der Waals surface area contributed by atoms with Crippen LogP contribution < -0.4 is 10.9 Å². The van der Waals surface area contributed by atoms with Gasteiger partial charge in [0.2, 0.25) is 5.91 Å². The van der Waals surface area contributed by atoms with E-state index in [-0.39, 0.29) is 17.2 Å². The summed E-state index contributed by atoms with van der Waals surface area (Å²) in [5.74, 6) is -0.0264. The van der Waals surface area contributed by atoms with Crippen molar-refractivity contribution in [3.63, 3.8) is 0 Å². The van der Waals surface area contributed by atoms with Gasteiger partial charge in [0.1, 0.15) is 0 Å². The summed E-state index contributed by atoms with van der Waals surface area (Å²) in [5.41, 5.74) is 1.64. The molecule has 29 heavy (non-hydrogen) atoms. The molecule has 0 bridgehead atoms. The fourth-order valence-electron chi connectivity index (χ4n) is 3.03. The number of thioether (sulfide) groups is 2. The Kier molecular flexibility index (Phi) is 6.23. The number of hydrogen-bond acceptors (Lipinski definition) is 8. The van der Waals surface area contributed by atoms with E-state index in [1.807, 2.05) is 24.3 Å². The Balaban J connectivity index is 1.49. The van der Waals surface area contributed by atoms with E-state index in [0.29, 0.717) is 28.7 Å². The van der Waals surface area contributed by atoms with Crippen molar-refractivity contribution >= 4 is 56.1 Å². The summed E-state index contributed by atoms with van der Waals surface area (Å²) in [5, 5.41) is 4.30. The topological polar surface area (TPSA) is 86.1 Å². The highest BCUT2D eigenvalue weighted by molar-refractivity contribution is 8.00. The molecule has 0 aliphatic carbocycles. The van der Waals surface area contributed by atoms with Gasteiger partial charge in [0.25, 0.3) is 5.56 Å². The second kappa shape index (κ2) is 8.86. The monoisotopic (exact) mass is 448 g/mol. The van der Waals surface area contributed by atoms with Crippen LogP contribution in [-0.2, 0) is 22.5 Å². The van der Waals surface area contributed by atoms with E-state index in [0.717, 1.165) is 27.2 Å². The number of hydrogen-bond donors (Lipinski definition) is 1. The zero-order chi connectivity index (χ0) is 20.4. The highest BCUT2D eigenvalue weighted by Crippen LogP contribution is 2.34. The Morgan fingerprint density at radius 2 is 2.21 bits per heavy atom. The molecule has 1 amide bonds. The van der Waals surface area contributed by atoms with E-state index in [1.54, 1.807) is 23.4 Å². The van der Waals surface area contributed by atoms with Gasteiger partial charge in [0, 0.05) is 18.8 Å². The van der Waals surface area contributed by atoms with Crippen molar-refractivity contribution in [1.82, 2.24) is 14.5 Å². The number of carbonyl (C=O) groups excluding carboxylic acids is 1. The maximum absolute atomic E-state index is 12.9. The predicted molar refractivity (Wildman–Crippen MR) is 118 cm³/mol. The van der Waals surface area contributed by atoms with Crippen LogP contribution in [0, 0.1) is 0 Å². The Morgan fingerprint density at radius 1 is 1.38 bits per heavy atom. The van der Waals surface area contributed by atoms with Crippen LogP contribution in [0.3, 0.4) is 0 Å². The molecule has 1 atom stereocenters. The number of nitrogens with one attached hydrogen (secondary N) is 1. The first kappa shape index (κ1) is 20.4. The zero-order valence-electron chi connectivity index (χ0n) is 16.0. The molecular weight excluding hydrogens is 428 g/mol. The summed E-state index contributed by atoms with van der Waals surface area (Å²) in [6.45, 7) is 2.90. The molecule has 1 aliphatic rings. The molecule has 3 aromatic rings. The first-order valence-corrected chi connectivity index (χ1v) is 11.8. The average molecular weight is 449 g/mol. The van der Waals surface area contributed by atoms with Gasteiger partial charge in [-0.1, -0.05) is 42.2 Å². The van der Waals surface area contributed by atoms with E-state index >= 15 is 0 Å². The molecule has 1 unspecified atom stereocenters. The van der Waals surface area contributed by atoms with Gasteiger partial charge in [-0.05, 0) is 12.1 Å². The minimum atomic E-state index is -0.176. The number of amides is 1. The molecule has 152 valence electrons. The highest BCUT2D eigenvalue weighted by atomic mass is 32.2. The number of nitrogens with zero attached hydrogens (tertiary/aromatic N) is 3. The van der Waals surface area contributed by atoms with Gasteiger partial charge < -0.3 is 10.1 Å². The number of carbonyl (C=O) groups is 1. The van der Waals surface area contributed by atoms with Gasteiger partial charge in [0.05, 0.1) is 39.7 Å². The maximum Gasteiger partial charge on any atom is 0.268 e. The normalized spacial score (nSPS) is 15.6. The van der Waals surface area contributed by atoms with Crippen LogP contribution in [0.5, 0.6) is 0 Å². The number of benzene rings is 1. The van der Waals surface area contributed by atoms with E-state index in [1.165, 1.54) is 23.1 Å². The fourth-order valence-corrected chi connectivity index (χ4v) is 5.87. The molecule has 0 saturated heterocycles. The molecule has 1 aromatic carbocycles. The van der Waals surface area contributed by atoms with Crippen LogP contribution in [0.1, 0.15) is 12.6 Å². The summed E-state index contributed by atoms with van der Waals surface area (Å²) < 4.78 is 7.78. The minimum absolute atomic E-state index is 0.0459. The van der Waals surface area contributed by atoms with E-state index in [2.05, 4.69) is 22.2 Å². The SMILES string of the molecule is COCCn1c(SCC(=O)Nc2nc3ccccc3s2)nc2c(c1=O)SC(C)C2. The smallest absolute Gasteiger partial charge is 0.268 e. The minimum Gasteiger partial charge on any atom is -0.383 e. The predicted octanol–water partition coefficient (Wildman–Crippen LogP) is 3.27. The number of aromatic nitrogens is 3. The first-order valence-electron chi connectivity index (χ1n) is 9.12. The van der Waals surface area contributed by atoms with Crippen molar-refractivity contribution in [2.45, 2.75) is 35.2 Å². The second-order valence-electron chi connectivity index (χ2n) is 6.58. The van der Waals surface area contributed by atoms with Crippen molar-refractivity contribution in [3.8, 4) is 0 Å². The molecule has 3 heterocycles. The van der Waals surface area contributed by atoms with Gasteiger partial charge >= 0.3 is 0 Å².